The molecule has 0 aliphatic heterocycles. The Morgan fingerprint density at radius 2 is 2.38 bits per heavy atom. The summed E-state index contributed by atoms with van der Waals surface area (Å²) in [7, 11) is 5.33. The number of hydrogen-bond donors (Lipinski definition) is 0. The van der Waals surface area contributed by atoms with Crippen LogP contribution in [-0.2, 0) is 0 Å². The summed E-state index contributed by atoms with van der Waals surface area (Å²) in [6.07, 6.45) is 3.11. The van der Waals surface area contributed by atoms with Crippen LogP contribution in [0.4, 0.5) is 0 Å². The Morgan fingerprint density at radius 3 is 2.75 bits per heavy atom. The van der Waals surface area contributed by atoms with Gasteiger partial charge in [-0.15, -0.1) is 0 Å². The number of aromatic nitrogens is 1. The first-order valence-electron chi connectivity index (χ1n) is 2.15. The molecule has 0 amide bonds. The first-order valence-corrected chi connectivity index (χ1v) is 2.53. The highest BCUT2D eigenvalue weighted by molar-refractivity contribution is 6.44. The van der Waals surface area contributed by atoms with Crippen molar-refractivity contribution >= 4 is 24.9 Å². The van der Waals surface area contributed by atoms with Crippen molar-refractivity contribution in [3.05, 3.63) is 23.5 Å². The second-order valence-electron chi connectivity index (χ2n) is 1.40. The van der Waals surface area contributed by atoms with Crippen molar-refractivity contribution in [1.82, 2.24) is 4.98 Å². The molecule has 0 aromatic carbocycles. The van der Waals surface area contributed by atoms with Gasteiger partial charge in [-0.3, -0.25) is 4.98 Å². The quantitative estimate of drug-likeness (QED) is 0.459. The topological polar surface area (TPSA) is 12.9 Å². The van der Waals surface area contributed by atoms with Gasteiger partial charge in [0, 0.05) is 17.4 Å². The molecule has 1 aromatic heterocycles. The van der Waals surface area contributed by atoms with E-state index >= 15 is 0 Å². The summed E-state index contributed by atoms with van der Waals surface area (Å²) < 4.78 is 0. The highest BCUT2D eigenvalue weighted by Gasteiger charge is 1.87. The van der Waals surface area contributed by atoms with Gasteiger partial charge in [0.05, 0.1) is 0 Å². The van der Waals surface area contributed by atoms with Crippen LogP contribution in [0.2, 0.25) is 5.02 Å². The van der Waals surface area contributed by atoms with Crippen LogP contribution in [0, 0.1) is 0 Å². The van der Waals surface area contributed by atoms with E-state index in [-0.39, 0.29) is 0 Å². The van der Waals surface area contributed by atoms with Crippen LogP contribution in [0.15, 0.2) is 18.5 Å². The number of halogens is 1. The third-order valence-corrected chi connectivity index (χ3v) is 1.14. The molecule has 38 valence electrons. The second-order valence-corrected chi connectivity index (χ2v) is 1.80. The number of nitrogens with zero attached hydrogens (tertiary/aromatic N) is 1. The molecule has 2 radical (unpaired) electrons. The minimum Gasteiger partial charge on any atom is -0.265 e. The lowest BCUT2D eigenvalue weighted by Gasteiger charge is -1.90. The molecule has 0 unspecified atom stereocenters. The smallest absolute Gasteiger partial charge is 0.118 e. The Hall–Kier alpha value is -0.495. The van der Waals surface area contributed by atoms with E-state index in [1.165, 1.54) is 6.20 Å². The van der Waals surface area contributed by atoms with E-state index in [1.807, 2.05) is 0 Å². The first-order chi connectivity index (χ1) is 3.80. The van der Waals surface area contributed by atoms with E-state index < -0.39 is 0 Å². The van der Waals surface area contributed by atoms with Crippen LogP contribution in [0.5, 0.6) is 0 Å². The normalized spacial score (nSPS) is 9.12. The maximum Gasteiger partial charge on any atom is 0.118 e. The Kier molecular flexibility index (Phi) is 1.54. The van der Waals surface area contributed by atoms with Crippen molar-refractivity contribution in [3.63, 3.8) is 0 Å². The summed E-state index contributed by atoms with van der Waals surface area (Å²) in [4.78, 5) is 3.74. The van der Waals surface area contributed by atoms with Crippen molar-refractivity contribution in [3.8, 4) is 0 Å². The van der Waals surface area contributed by atoms with Crippen LogP contribution < -0.4 is 5.46 Å². The molecular weight excluding hydrogens is 120 g/mol. The zero-order chi connectivity index (χ0) is 5.98. The molecule has 0 fully saturated rings. The van der Waals surface area contributed by atoms with Crippen molar-refractivity contribution < 1.29 is 0 Å². The minimum atomic E-state index is 0.522. The summed E-state index contributed by atoms with van der Waals surface area (Å²) in [5.41, 5.74) is 0.522. The fourth-order valence-electron chi connectivity index (χ4n) is 0.390. The van der Waals surface area contributed by atoms with Gasteiger partial charge in [-0.1, -0.05) is 17.1 Å². The van der Waals surface area contributed by atoms with Crippen molar-refractivity contribution in [2.45, 2.75) is 0 Å². The largest absolute Gasteiger partial charge is 0.265 e. The average molecular weight is 123 g/mol. The predicted octanol–water partition coefficient (Wildman–Crippen LogP) is 0.529. The van der Waals surface area contributed by atoms with Crippen molar-refractivity contribution in [2.75, 3.05) is 0 Å². The standard InChI is InChI=1S/C5H3BClN/c6-4-3-8-2-1-5(4)7/h1-3H. The van der Waals surface area contributed by atoms with Crippen molar-refractivity contribution in [2.24, 2.45) is 0 Å². The summed E-state index contributed by atoms with van der Waals surface area (Å²) in [6.45, 7) is 0. The maximum atomic E-state index is 5.54. The summed E-state index contributed by atoms with van der Waals surface area (Å²) >= 11 is 5.54. The van der Waals surface area contributed by atoms with Gasteiger partial charge in [-0.2, -0.15) is 0 Å². The molecular formula is C5H3BClN. The fourth-order valence-corrected chi connectivity index (χ4v) is 0.495. The maximum absolute atomic E-state index is 5.54. The highest BCUT2D eigenvalue weighted by atomic mass is 35.5. The van der Waals surface area contributed by atoms with E-state index in [4.69, 9.17) is 19.4 Å². The van der Waals surface area contributed by atoms with Crippen LogP contribution in [0.3, 0.4) is 0 Å². The summed E-state index contributed by atoms with van der Waals surface area (Å²) in [6, 6.07) is 1.65. The SMILES string of the molecule is [B]c1cnccc1Cl. The van der Waals surface area contributed by atoms with E-state index in [0.717, 1.165) is 0 Å². The Bertz CT molecular complexity index is 169. The number of pyridine rings is 1. The molecule has 8 heavy (non-hydrogen) atoms. The van der Waals surface area contributed by atoms with Gasteiger partial charge < -0.3 is 0 Å². The third-order valence-electron chi connectivity index (χ3n) is 0.796. The molecule has 1 rings (SSSR count). The predicted molar refractivity (Wildman–Crippen MR) is 34.6 cm³/mol. The molecule has 0 spiro atoms. The molecule has 1 heterocycles. The first kappa shape index (κ1) is 5.64. The van der Waals surface area contributed by atoms with Crippen LogP contribution in [0.25, 0.3) is 0 Å². The van der Waals surface area contributed by atoms with Crippen LogP contribution >= 0.6 is 11.6 Å². The van der Waals surface area contributed by atoms with Gasteiger partial charge in [0.25, 0.3) is 0 Å². The van der Waals surface area contributed by atoms with Crippen molar-refractivity contribution in [1.29, 1.82) is 0 Å². The van der Waals surface area contributed by atoms with Gasteiger partial charge >= 0.3 is 0 Å². The average Bonchev–Trinajstić information content (AvgIpc) is 1.77. The molecule has 0 atom stereocenters. The molecule has 0 aliphatic carbocycles. The molecule has 1 nitrogen and oxygen atoms in total. The molecule has 0 aliphatic rings. The molecule has 0 saturated carbocycles. The summed E-state index contributed by atoms with van der Waals surface area (Å²) in [5, 5.41) is 0.556. The Labute approximate surface area is 54.1 Å². The lowest BCUT2D eigenvalue weighted by atomic mass is 9.99. The molecule has 0 bridgehead atoms. The van der Waals surface area contributed by atoms with E-state index in [2.05, 4.69) is 4.98 Å². The van der Waals surface area contributed by atoms with Gasteiger partial charge in [-0.25, -0.2) is 0 Å². The van der Waals surface area contributed by atoms with E-state index in [9.17, 15) is 0 Å². The third kappa shape index (κ3) is 1.01. The lowest BCUT2D eigenvalue weighted by molar-refractivity contribution is 1.35. The number of rotatable bonds is 0. The molecule has 0 saturated heterocycles. The van der Waals surface area contributed by atoms with Crippen LogP contribution in [-0.4, -0.2) is 12.8 Å². The number of hydrogen-bond acceptors (Lipinski definition) is 1. The monoisotopic (exact) mass is 123 g/mol. The van der Waals surface area contributed by atoms with Gasteiger partial charge in [0.1, 0.15) is 7.85 Å². The Morgan fingerprint density at radius 1 is 1.62 bits per heavy atom. The van der Waals surface area contributed by atoms with E-state index in [0.29, 0.717) is 10.5 Å². The van der Waals surface area contributed by atoms with Gasteiger partial charge in [0.15, 0.2) is 0 Å². The van der Waals surface area contributed by atoms with E-state index in [1.54, 1.807) is 12.3 Å². The lowest BCUT2D eigenvalue weighted by Crippen LogP contribution is -2.02. The highest BCUT2D eigenvalue weighted by Crippen LogP contribution is 1.98. The minimum absolute atomic E-state index is 0.522. The van der Waals surface area contributed by atoms with Gasteiger partial charge in [0.2, 0.25) is 0 Å². The fraction of sp³-hybridized carbons (Fsp3) is 0. The molecule has 3 heteroatoms. The second kappa shape index (κ2) is 2.18. The van der Waals surface area contributed by atoms with Crippen LogP contribution in [0.1, 0.15) is 0 Å². The summed E-state index contributed by atoms with van der Waals surface area (Å²) in [5.74, 6) is 0. The molecule has 1 aromatic rings. The zero-order valence-corrected chi connectivity index (χ0v) is 4.89. The molecule has 0 N–H and O–H groups in total. The van der Waals surface area contributed by atoms with Gasteiger partial charge in [-0.05, 0) is 6.07 Å². The Balaban J connectivity index is 3.13. The zero-order valence-electron chi connectivity index (χ0n) is 4.13.